The van der Waals surface area contributed by atoms with E-state index in [-0.39, 0.29) is 64.4 Å². The van der Waals surface area contributed by atoms with Gasteiger partial charge in [0, 0.05) is 59.1 Å². The molecule has 1 saturated carbocycles. The summed E-state index contributed by atoms with van der Waals surface area (Å²) in [5, 5.41) is 11.5. The third-order valence-corrected chi connectivity index (χ3v) is 11.9. The van der Waals surface area contributed by atoms with Gasteiger partial charge >= 0.3 is 6.09 Å². The second-order valence-electron chi connectivity index (χ2n) is 16.6. The summed E-state index contributed by atoms with van der Waals surface area (Å²) in [6.07, 6.45) is 3.20. The van der Waals surface area contributed by atoms with Crippen molar-refractivity contribution in [2.75, 3.05) is 19.6 Å². The molecule has 278 valence electrons. The van der Waals surface area contributed by atoms with Gasteiger partial charge < -0.3 is 19.1 Å². The summed E-state index contributed by atoms with van der Waals surface area (Å²) in [5.41, 5.74) is 3.36. The van der Waals surface area contributed by atoms with E-state index in [4.69, 9.17) is 32.9 Å². The predicted molar refractivity (Wildman–Crippen MR) is 208 cm³/mol. The number of ether oxygens (including phenoxy) is 1. The third kappa shape index (κ3) is 6.67. The van der Waals surface area contributed by atoms with Crippen molar-refractivity contribution in [1.82, 2.24) is 19.4 Å². The van der Waals surface area contributed by atoms with E-state index in [0.717, 1.165) is 35.9 Å². The Hall–Kier alpha value is -4.13. The molecule has 2 aromatic carbocycles. The van der Waals surface area contributed by atoms with Gasteiger partial charge in [0.1, 0.15) is 11.1 Å². The Kier molecular flexibility index (Phi) is 9.56. The maximum absolute atomic E-state index is 17.4. The number of nitriles is 1. The number of rotatable bonds is 7. The predicted octanol–water partition coefficient (Wildman–Crippen LogP) is 10.7. The maximum Gasteiger partial charge on any atom is 0.410 e. The van der Waals surface area contributed by atoms with Crippen LogP contribution in [-0.4, -0.2) is 56.6 Å². The molecule has 2 amide bonds. The van der Waals surface area contributed by atoms with E-state index in [1.807, 2.05) is 40.7 Å². The van der Waals surface area contributed by atoms with Crippen molar-refractivity contribution in [3.63, 3.8) is 0 Å². The van der Waals surface area contributed by atoms with Crippen molar-refractivity contribution in [2.45, 2.75) is 97.8 Å². The number of amides is 2. The maximum atomic E-state index is 17.4. The van der Waals surface area contributed by atoms with Crippen LogP contribution in [0.15, 0.2) is 36.9 Å². The smallest absolute Gasteiger partial charge is 0.410 e. The number of hydrogen-bond donors (Lipinski definition) is 0. The Morgan fingerprint density at radius 2 is 1.91 bits per heavy atom. The molecule has 11 heteroatoms. The van der Waals surface area contributed by atoms with Gasteiger partial charge in [-0.1, -0.05) is 55.8 Å². The first-order valence-corrected chi connectivity index (χ1v) is 19.2. The molecule has 3 atom stereocenters. The molecule has 0 N–H and O–H groups in total. The molecule has 4 aromatic rings. The molecular formula is C42H46Cl2FN5O3. The summed E-state index contributed by atoms with van der Waals surface area (Å²) < 4.78 is 25.5. The number of likely N-dealkylation sites (tertiary alicyclic amines) is 2. The van der Waals surface area contributed by atoms with Gasteiger partial charge in [0.15, 0.2) is 5.82 Å². The lowest BCUT2D eigenvalue weighted by Gasteiger charge is -2.30. The Labute approximate surface area is 320 Å². The summed E-state index contributed by atoms with van der Waals surface area (Å²) in [6, 6.07) is 11.0. The van der Waals surface area contributed by atoms with E-state index in [1.54, 1.807) is 23.1 Å². The normalized spacial score (nSPS) is 21.0. The molecule has 0 spiro atoms. The second kappa shape index (κ2) is 13.6. The van der Waals surface area contributed by atoms with Crippen LogP contribution in [0.1, 0.15) is 103 Å². The monoisotopic (exact) mass is 757 g/mol. The highest BCUT2D eigenvalue weighted by Crippen LogP contribution is 2.51. The number of halogens is 3. The highest BCUT2D eigenvalue weighted by molar-refractivity contribution is 6.43. The Bertz CT molecular complexity index is 2230. The number of pyridine rings is 1. The molecule has 7 rings (SSSR count). The van der Waals surface area contributed by atoms with Crippen LogP contribution in [0.5, 0.6) is 0 Å². The van der Waals surface area contributed by atoms with Gasteiger partial charge in [0.2, 0.25) is 5.91 Å². The summed E-state index contributed by atoms with van der Waals surface area (Å²) in [4.78, 5) is 36.2. The number of fused-ring (bicyclic) bond motifs is 3. The van der Waals surface area contributed by atoms with Crippen LogP contribution < -0.4 is 0 Å². The average molecular weight is 759 g/mol. The number of benzene rings is 2. The third-order valence-electron chi connectivity index (χ3n) is 11.1. The molecule has 2 saturated heterocycles. The molecule has 2 aromatic heterocycles. The molecule has 0 bridgehead atoms. The summed E-state index contributed by atoms with van der Waals surface area (Å²) >= 11 is 13.1. The van der Waals surface area contributed by atoms with Crippen LogP contribution in [0.3, 0.4) is 0 Å². The number of hydrogen-bond acceptors (Lipinski definition) is 5. The van der Waals surface area contributed by atoms with Crippen LogP contribution in [0.25, 0.3) is 38.5 Å². The van der Waals surface area contributed by atoms with Crippen molar-refractivity contribution in [2.24, 2.45) is 11.3 Å². The molecule has 8 nitrogen and oxygen atoms in total. The molecule has 3 aliphatic rings. The van der Waals surface area contributed by atoms with Crippen molar-refractivity contribution in [3.05, 3.63) is 69.7 Å². The fourth-order valence-corrected chi connectivity index (χ4v) is 8.64. The largest absolute Gasteiger partial charge is 0.444 e. The van der Waals surface area contributed by atoms with E-state index >= 15 is 4.39 Å². The summed E-state index contributed by atoms with van der Waals surface area (Å²) in [5.74, 6) is -0.121. The molecule has 3 unspecified atom stereocenters. The Morgan fingerprint density at radius 3 is 2.57 bits per heavy atom. The lowest BCUT2D eigenvalue weighted by molar-refractivity contribution is -0.137. The van der Waals surface area contributed by atoms with Crippen LogP contribution in [0, 0.1) is 28.5 Å². The van der Waals surface area contributed by atoms with E-state index < -0.39 is 11.4 Å². The first-order chi connectivity index (χ1) is 25.0. The first-order valence-electron chi connectivity index (χ1n) is 18.5. The number of nitrogens with zero attached hydrogens (tertiary/aromatic N) is 5. The number of carbonyl (C=O) groups excluding carboxylic acids is 2. The molecule has 1 aliphatic carbocycles. The van der Waals surface area contributed by atoms with E-state index in [1.165, 1.54) is 0 Å². The average Bonchev–Trinajstić information content (AvgIpc) is 3.41. The Morgan fingerprint density at radius 1 is 1.17 bits per heavy atom. The summed E-state index contributed by atoms with van der Waals surface area (Å²) in [6.45, 7) is 17.4. The minimum atomic E-state index is -0.653. The lowest BCUT2D eigenvalue weighted by Crippen LogP contribution is -2.37. The molecule has 3 fully saturated rings. The molecule has 53 heavy (non-hydrogen) atoms. The highest BCUT2D eigenvalue weighted by Gasteiger charge is 2.51. The molecule has 2 aliphatic heterocycles. The van der Waals surface area contributed by atoms with Crippen molar-refractivity contribution in [1.29, 1.82) is 5.26 Å². The van der Waals surface area contributed by atoms with Crippen molar-refractivity contribution in [3.8, 4) is 17.2 Å². The van der Waals surface area contributed by atoms with Gasteiger partial charge in [-0.25, -0.2) is 14.2 Å². The van der Waals surface area contributed by atoms with Crippen LogP contribution >= 0.6 is 23.2 Å². The van der Waals surface area contributed by atoms with Gasteiger partial charge in [-0.2, -0.15) is 5.26 Å². The van der Waals surface area contributed by atoms with Gasteiger partial charge in [-0.3, -0.25) is 4.79 Å². The Balaban J connectivity index is 1.52. The summed E-state index contributed by atoms with van der Waals surface area (Å²) in [7, 11) is 0. The zero-order valence-corrected chi connectivity index (χ0v) is 32.8. The zero-order chi connectivity index (χ0) is 38.1. The minimum Gasteiger partial charge on any atom is -0.444 e. The highest BCUT2D eigenvalue weighted by atomic mass is 35.5. The molecular weight excluding hydrogens is 712 g/mol. The molecule has 4 heterocycles. The van der Waals surface area contributed by atoms with Crippen molar-refractivity contribution < 1.29 is 18.7 Å². The quantitative estimate of drug-likeness (QED) is 0.187. The van der Waals surface area contributed by atoms with Gasteiger partial charge in [0.25, 0.3) is 0 Å². The fraction of sp³-hybridized carbons (Fsp3) is 0.476. The van der Waals surface area contributed by atoms with Crippen molar-refractivity contribution >= 4 is 62.6 Å². The minimum absolute atomic E-state index is 0.147. The van der Waals surface area contributed by atoms with Gasteiger partial charge in [-0.15, -0.1) is 0 Å². The standard InChI is InChI=1S/C42H46Cl2FN5O3/c1-23(2)36-29-20-32(31-18-24(3)21-49(31)39(51)42(7)14-15-42)50(26-13-17-48(22-26)40(52)53-41(4,5)6)38(29)28-19-25(10-9-16-46)33(35(45)37(28)47-36)27-11-8-12-30(43)34(27)44/h8,11-12,19-20,24,26,31H,1,9-10,13-15,17-18,21-22H2,2-7H3. The second-order valence-corrected chi connectivity index (χ2v) is 17.4. The van der Waals surface area contributed by atoms with Gasteiger partial charge in [0.05, 0.1) is 39.4 Å². The number of aryl methyl sites for hydroxylation is 1. The van der Waals surface area contributed by atoms with Crippen LogP contribution in [-0.2, 0) is 16.0 Å². The van der Waals surface area contributed by atoms with Gasteiger partial charge in [-0.05, 0) is 95.1 Å². The number of aromatic nitrogens is 2. The topological polar surface area (TPSA) is 91.5 Å². The van der Waals surface area contributed by atoms with E-state index in [2.05, 4.69) is 35.1 Å². The SMILES string of the molecule is C=C(C)c1nc2c(F)c(-c3cccc(Cl)c3Cl)c(CCC#N)cc2c2c1cc(C1CC(C)CN1C(=O)C1(C)CC1)n2C1CCN(C(=O)OC(C)(C)C)C1. The number of carbonyl (C=O) groups is 2. The van der Waals surface area contributed by atoms with E-state index in [0.29, 0.717) is 58.9 Å². The van der Waals surface area contributed by atoms with Crippen LogP contribution in [0.4, 0.5) is 9.18 Å². The molecule has 0 radical (unpaired) electrons. The van der Waals surface area contributed by atoms with Crippen LogP contribution in [0.2, 0.25) is 10.0 Å². The zero-order valence-electron chi connectivity index (χ0n) is 31.3. The lowest BCUT2D eigenvalue weighted by atomic mass is 9.92. The number of allylic oxidation sites excluding steroid dienone is 1. The fourth-order valence-electron chi connectivity index (χ4n) is 8.25. The first kappa shape index (κ1) is 37.2. The van der Waals surface area contributed by atoms with E-state index in [9.17, 15) is 14.9 Å².